The summed E-state index contributed by atoms with van der Waals surface area (Å²) in [4.78, 5) is 15.2. The summed E-state index contributed by atoms with van der Waals surface area (Å²) in [7, 11) is 7.41. The van der Waals surface area contributed by atoms with Gasteiger partial charge in [0.15, 0.2) is 0 Å². The molecule has 1 aromatic rings. The molecule has 0 N–H and O–H groups in total. The lowest BCUT2D eigenvalue weighted by Crippen LogP contribution is -2.34. The van der Waals surface area contributed by atoms with Gasteiger partial charge in [0, 0.05) is 27.7 Å². The minimum absolute atomic E-state index is 0.103. The van der Waals surface area contributed by atoms with E-state index in [1.807, 2.05) is 23.7 Å². The molecule has 18 heavy (non-hydrogen) atoms. The van der Waals surface area contributed by atoms with Crippen LogP contribution in [-0.2, 0) is 24.8 Å². The zero-order valence-corrected chi connectivity index (χ0v) is 13.3. The van der Waals surface area contributed by atoms with Crippen molar-refractivity contribution >= 4 is 21.8 Å². The molecule has 0 unspecified atom stereocenters. The van der Waals surface area contributed by atoms with Crippen LogP contribution >= 0.6 is 15.9 Å². The average Bonchev–Trinajstić information content (AvgIpc) is 2.56. The molecule has 1 aromatic heterocycles. The molecule has 0 aromatic carbocycles. The fraction of sp³-hybridized carbons (Fsp3) is 0.667. The van der Waals surface area contributed by atoms with Crippen molar-refractivity contribution in [2.24, 2.45) is 7.05 Å². The molecule has 0 saturated heterocycles. The minimum atomic E-state index is 0.103. The fourth-order valence-corrected chi connectivity index (χ4v) is 2.42. The monoisotopic (exact) mass is 316 g/mol. The molecule has 6 heteroatoms. The Morgan fingerprint density at radius 1 is 1.39 bits per heavy atom. The Morgan fingerprint density at radius 3 is 2.44 bits per heavy atom. The average molecular weight is 317 g/mol. The molecule has 0 aliphatic carbocycles. The minimum Gasteiger partial charge on any atom is -0.348 e. The van der Waals surface area contributed by atoms with Gasteiger partial charge < -0.3 is 4.90 Å². The largest absolute Gasteiger partial charge is 0.348 e. The van der Waals surface area contributed by atoms with Crippen molar-refractivity contribution in [3.05, 3.63) is 15.9 Å². The molecule has 0 bridgehead atoms. The molecule has 1 amide bonds. The molecule has 102 valence electrons. The molecule has 0 saturated carbocycles. The summed E-state index contributed by atoms with van der Waals surface area (Å²) in [6, 6.07) is 0. The summed E-state index contributed by atoms with van der Waals surface area (Å²) in [5.74, 6) is 0.103. The van der Waals surface area contributed by atoms with Crippen molar-refractivity contribution < 1.29 is 4.79 Å². The number of aromatic nitrogens is 2. The molecule has 0 atom stereocenters. The third-order valence-corrected chi connectivity index (χ3v) is 3.74. The first-order chi connectivity index (χ1) is 8.36. The zero-order valence-electron chi connectivity index (χ0n) is 11.7. The Labute approximate surface area is 117 Å². The fourth-order valence-electron chi connectivity index (χ4n) is 1.68. The Bertz CT molecular complexity index is 428. The first-order valence-electron chi connectivity index (χ1n) is 5.95. The van der Waals surface area contributed by atoms with Gasteiger partial charge in [-0.2, -0.15) is 5.10 Å². The topological polar surface area (TPSA) is 41.4 Å². The summed E-state index contributed by atoms with van der Waals surface area (Å²) >= 11 is 3.58. The highest BCUT2D eigenvalue weighted by Crippen LogP contribution is 2.22. The Kier molecular flexibility index (Phi) is 5.34. The first kappa shape index (κ1) is 15.2. The Morgan fingerprint density at radius 2 is 2.00 bits per heavy atom. The second kappa shape index (κ2) is 6.33. The maximum atomic E-state index is 11.6. The lowest BCUT2D eigenvalue weighted by Gasteiger charge is -2.19. The van der Waals surface area contributed by atoms with Crippen LogP contribution in [0.25, 0.3) is 0 Å². The van der Waals surface area contributed by atoms with Gasteiger partial charge in [-0.15, -0.1) is 0 Å². The number of nitrogens with zero attached hydrogens (tertiary/aromatic N) is 4. The van der Waals surface area contributed by atoms with Gasteiger partial charge in [-0.05, 0) is 29.4 Å². The third kappa shape index (κ3) is 3.55. The molecule has 0 aliphatic heterocycles. The maximum Gasteiger partial charge on any atom is 0.236 e. The van der Waals surface area contributed by atoms with E-state index in [1.54, 1.807) is 19.0 Å². The van der Waals surface area contributed by atoms with E-state index in [9.17, 15) is 4.79 Å². The second-order valence-corrected chi connectivity index (χ2v) is 5.44. The lowest BCUT2D eigenvalue weighted by atomic mass is 10.3. The number of hydrogen-bond donors (Lipinski definition) is 0. The van der Waals surface area contributed by atoms with E-state index < -0.39 is 0 Å². The first-order valence-corrected chi connectivity index (χ1v) is 6.75. The van der Waals surface area contributed by atoms with Crippen molar-refractivity contribution in [3.8, 4) is 0 Å². The van der Waals surface area contributed by atoms with Gasteiger partial charge in [-0.3, -0.25) is 14.4 Å². The summed E-state index contributed by atoms with van der Waals surface area (Å²) < 4.78 is 2.93. The van der Waals surface area contributed by atoms with E-state index in [0.717, 1.165) is 22.3 Å². The number of carbonyl (C=O) groups excluding carboxylic acids is 1. The van der Waals surface area contributed by atoms with Gasteiger partial charge in [0.25, 0.3) is 0 Å². The quantitative estimate of drug-likeness (QED) is 0.821. The van der Waals surface area contributed by atoms with Crippen LogP contribution in [0, 0.1) is 0 Å². The Hall–Kier alpha value is -0.880. The molecule has 0 spiro atoms. The van der Waals surface area contributed by atoms with Crippen molar-refractivity contribution in [1.82, 2.24) is 19.6 Å². The van der Waals surface area contributed by atoms with Crippen molar-refractivity contribution in [2.45, 2.75) is 19.9 Å². The van der Waals surface area contributed by atoms with Crippen LogP contribution in [-0.4, -0.2) is 53.2 Å². The van der Waals surface area contributed by atoms with Crippen molar-refractivity contribution in [1.29, 1.82) is 0 Å². The Balaban J connectivity index is 2.73. The highest BCUT2D eigenvalue weighted by molar-refractivity contribution is 9.10. The summed E-state index contributed by atoms with van der Waals surface area (Å²) in [6.45, 7) is 3.19. The standard InChI is InChI=1S/C12H21BrN4O/c1-6-9-12(13)10(17(5)14-9)7-16(4)8-11(18)15(2)3/h6-8H2,1-5H3. The van der Waals surface area contributed by atoms with Crippen molar-refractivity contribution in [2.75, 3.05) is 27.7 Å². The van der Waals surface area contributed by atoms with Gasteiger partial charge in [0.2, 0.25) is 5.91 Å². The van der Waals surface area contributed by atoms with E-state index in [1.165, 1.54) is 0 Å². The van der Waals surface area contributed by atoms with Gasteiger partial charge >= 0.3 is 0 Å². The normalized spacial score (nSPS) is 11.1. The second-order valence-electron chi connectivity index (χ2n) is 4.64. The van der Waals surface area contributed by atoms with E-state index in [0.29, 0.717) is 13.1 Å². The molecule has 0 fully saturated rings. The van der Waals surface area contributed by atoms with E-state index in [2.05, 4.69) is 28.0 Å². The van der Waals surface area contributed by atoms with Gasteiger partial charge in [-0.25, -0.2) is 0 Å². The molecular formula is C12H21BrN4O. The third-order valence-electron chi connectivity index (χ3n) is 2.83. The number of halogens is 1. The van der Waals surface area contributed by atoms with Gasteiger partial charge in [0.05, 0.1) is 22.4 Å². The number of hydrogen-bond acceptors (Lipinski definition) is 3. The number of likely N-dealkylation sites (N-methyl/N-ethyl adjacent to an activating group) is 2. The van der Waals surface area contributed by atoms with E-state index in [4.69, 9.17) is 0 Å². The van der Waals surface area contributed by atoms with Crippen LogP contribution < -0.4 is 0 Å². The van der Waals surface area contributed by atoms with Crippen LogP contribution in [0.4, 0.5) is 0 Å². The number of amides is 1. The summed E-state index contributed by atoms with van der Waals surface area (Å²) in [6.07, 6.45) is 0.898. The molecule has 1 heterocycles. The summed E-state index contributed by atoms with van der Waals surface area (Å²) in [5.41, 5.74) is 2.15. The van der Waals surface area contributed by atoms with Crippen LogP contribution in [0.1, 0.15) is 18.3 Å². The predicted octanol–water partition coefficient (Wildman–Crippen LogP) is 1.27. The highest BCUT2D eigenvalue weighted by atomic mass is 79.9. The van der Waals surface area contributed by atoms with Gasteiger partial charge in [-0.1, -0.05) is 6.92 Å². The van der Waals surface area contributed by atoms with Gasteiger partial charge in [0.1, 0.15) is 0 Å². The lowest BCUT2D eigenvalue weighted by molar-refractivity contribution is -0.129. The molecule has 0 aliphatic rings. The van der Waals surface area contributed by atoms with Crippen LogP contribution in [0.3, 0.4) is 0 Å². The SMILES string of the molecule is CCc1nn(C)c(CN(C)CC(=O)N(C)C)c1Br. The number of rotatable bonds is 5. The maximum absolute atomic E-state index is 11.6. The van der Waals surface area contributed by atoms with Crippen LogP contribution in [0.5, 0.6) is 0 Å². The van der Waals surface area contributed by atoms with Crippen LogP contribution in [0.2, 0.25) is 0 Å². The zero-order chi connectivity index (χ0) is 13.9. The smallest absolute Gasteiger partial charge is 0.236 e. The van der Waals surface area contributed by atoms with Crippen LogP contribution in [0.15, 0.2) is 4.47 Å². The van der Waals surface area contributed by atoms with E-state index in [-0.39, 0.29) is 5.91 Å². The van der Waals surface area contributed by atoms with Crippen molar-refractivity contribution in [3.63, 3.8) is 0 Å². The number of carbonyl (C=O) groups is 1. The molecule has 1 rings (SSSR count). The highest BCUT2D eigenvalue weighted by Gasteiger charge is 2.16. The predicted molar refractivity (Wildman–Crippen MR) is 75.3 cm³/mol. The van der Waals surface area contributed by atoms with E-state index >= 15 is 0 Å². The number of aryl methyl sites for hydroxylation is 2. The molecular weight excluding hydrogens is 296 g/mol. The summed E-state index contributed by atoms with van der Waals surface area (Å²) in [5, 5.41) is 4.44. The molecule has 0 radical (unpaired) electrons. The molecule has 5 nitrogen and oxygen atoms in total.